The number of carbonyl (C=O) groups is 1. The first-order valence-electron chi connectivity index (χ1n) is 5.28. The molecule has 0 aliphatic rings. The number of carboxylic acid groups (broad SMARTS) is 1. The van der Waals surface area contributed by atoms with Crippen molar-refractivity contribution in [1.29, 1.82) is 0 Å². The molecule has 1 aromatic carbocycles. The van der Waals surface area contributed by atoms with Crippen molar-refractivity contribution >= 4 is 23.4 Å². The van der Waals surface area contributed by atoms with Crippen LogP contribution in [0.4, 0.5) is 5.69 Å². The predicted octanol–water partition coefficient (Wildman–Crippen LogP) is 2.42. The Morgan fingerprint density at radius 2 is 2.28 bits per heavy atom. The SMILES string of the molecule is CCSCCOc1cc(C(=O)O)ccc1[N+](=O)[O-]. The van der Waals surface area contributed by atoms with Gasteiger partial charge in [-0.2, -0.15) is 11.8 Å². The fraction of sp³-hybridized carbons (Fsp3) is 0.364. The van der Waals surface area contributed by atoms with E-state index < -0.39 is 10.9 Å². The van der Waals surface area contributed by atoms with Crippen LogP contribution >= 0.6 is 11.8 Å². The number of hydrogen-bond donors (Lipinski definition) is 1. The fourth-order valence-corrected chi connectivity index (χ4v) is 1.76. The van der Waals surface area contributed by atoms with Crippen LogP contribution in [0, 0.1) is 10.1 Å². The lowest BCUT2D eigenvalue weighted by Crippen LogP contribution is -2.05. The zero-order valence-corrected chi connectivity index (χ0v) is 10.6. The molecule has 0 heterocycles. The van der Waals surface area contributed by atoms with Gasteiger partial charge in [-0.1, -0.05) is 6.92 Å². The molecule has 1 aromatic rings. The van der Waals surface area contributed by atoms with Crippen LogP contribution in [-0.4, -0.2) is 34.1 Å². The van der Waals surface area contributed by atoms with Gasteiger partial charge in [0, 0.05) is 17.9 Å². The van der Waals surface area contributed by atoms with Gasteiger partial charge >= 0.3 is 11.7 Å². The Morgan fingerprint density at radius 3 is 2.83 bits per heavy atom. The van der Waals surface area contributed by atoms with E-state index in [1.807, 2.05) is 6.92 Å². The third-order valence-electron chi connectivity index (χ3n) is 2.09. The second-order valence-electron chi connectivity index (χ2n) is 3.29. The number of carboxylic acids is 1. The normalized spacial score (nSPS) is 10.1. The number of benzene rings is 1. The first-order chi connectivity index (χ1) is 8.56. The smallest absolute Gasteiger partial charge is 0.335 e. The summed E-state index contributed by atoms with van der Waals surface area (Å²) < 4.78 is 5.27. The number of rotatable bonds is 7. The second-order valence-corrected chi connectivity index (χ2v) is 4.68. The van der Waals surface area contributed by atoms with E-state index >= 15 is 0 Å². The summed E-state index contributed by atoms with van der Waals surface area (Å²) in [6, 6.07) is 3.51. The molecule has 1 N–H and O–H groups in total. The molecular formula is C11H13NO5S. The van der Waals surface area contributed by atoms with Crippen LogP contribution in [0.1, 0.15) is 17.3 Å². The van der Waals surface area contributed by atoms with Gasteiger partial charge in [0.25, 0.3) is 0 Å². The molecule has 0 spiro atoms. The van der Waals surface area contributed by atoms with Crippen LogP contribution in [0.5, 0.6) is 5.75 Å². The Morgan fingerprint density at radius 1 is 1.56 bits per heavy atom. The van der Waals surface area contributed by atoms with Crippen LogP contribution in [0.2, 0.25) is 0 Å². The van der Waals surface area contributed by atoms with Gasteiger partial charge in [-0.15, -0.1) is 0 Å². The van der Waals surface area contributed by atoms with Crippen molar-refractivity contribution in [1.82, 2.24) is 0 Å². The standard InChI is InChI=1S/C11H13NO5S/c1-2-18-6-5-17-10-7-8(11(13)14)3-4-9(10)12(15)16/h3-4,7H,2,5-6H2,1H3,(H,13,14). The third kappa shape index (κ3) is 3.92. The van der Waals surface area contributed by atoms with E-state index in [0.29, 0.717) is 12.4 Å². The highest BCUT2D eigenvalue weighted by Gasteiger charge is 2.17. The van der Waals surface area contributed by atoms with Gasteiger partial charge in [0.15, 0.2) is 5.75 Å². The van der Waals surface area contributed by atoms with Crippen molar-refractivity contribution in [3.8, 4) is 5.75 Å². The summed E-state index contributed by atoms with van der Waals surface area (Å²) in [7, 11) is 0. The Bertz CT molecular complexity index is 449. The van der Waals surface area contributed by atoms with E-state index in [2.05, 4.69) is 0 Å². The number of nitrogens with zero attached hydrogens (tertiary/aromatic N) is 1. The first kappa shape index (κ1) is 14.3. The molecule has 18 heavy (non-hydrogen) atoms. The van der Waals surface area contributed by atoms with Crippen molar-refractivity contribution < 1.29 is 19.6 Å². The van der Waals surface area contributed by atoms with Crippen LogP contribution < -0.4 is 4.74 Å². The highest BCUT2D eigenvalue weighted by Crippen LogP contribution is 2.28. The molecule has 1 rings (SSSR count). The minimum absolute atomic E-state index is 0.00315. The number of nitro benzene ring substituents is 1. The molecule has 0 aliphatic carbocycles. The zero-order chi connectivity index (χ0) is 13.5. The predicted molar refractivity (Wildman–Crippen MR) is 68.5 cm³/mol. The molecule has 0 saturated carbocycles. The lowest BCUT2D eigenvalue weighted by Gasteiger charge is -2.07. The summed E-state index contributed by atoms with van der Waals surface area (Å²) in [6.45, 7) is 2.31. The minimum atomic E-state index is -1.14. The molecule has 0 unspecified atom stereocenters. The molecule has 0 bridgehead atoms. The van der Waals surface area contributed by atoms with Gasteiger partial charge in [0.1, 0.15) is 0 Å². The molecule has 0 aliphatic heterocycles. The van der Waals surface area contributed by atoms with Gasteiger partial charge in [-0.25, -0.2) is 4.79 Å². The largest absolute Gasteiger partial charge is 0.486 e. The zero-order valence-electron chi connectivity index (χ0n) is 9.79. The van der Waals surface area contributed by atoms with Gasteiger partial charge in [0.2, 0.25) is 0 Å². The number of aromatic carboxylic acids is 1. The van der Waals surface area contributed by atoms with Crippen molar-refractivity contribution in [2.75, 3.05) is 18.1 Å². The van der Waals surface area contributed by atoms with E-state index in [4.69, 9.17) is 9.84 Å². The van der Waals surface area contributed by atoms with E-state index in [0.717, 1.165) is 11.8 Å². The average Bonchev–Trinajstić information content (AvgIpc) is 2.34. The van der Waals surface area contributed by atoms with E-state index in [-0.39, 0.29) is 17.0 Å². The maximum Gasteiger partial charge on any atom is 0.335 e. The molecule has 0 saturated heterocycles. The van der Waals surface area contributed by atoms with E-state index in [1.54, 1.807) is 11.8 Å². The number of nitro groups is 1. The summed E-state index contributed by atoms with van der Waals surface area (Å²) in [5.41, 5.74) is -0.250. The van der Waals surface area contributed by atoms with E-state index in [1.165, 1.54) is 12.1 Å². The quantitative estimate of drug-likeness (QED) is 0.465. The van der Waals surface area contributed by atoms with Crippen molar-refractivity contribution in [2.45, 2.75) is 6.92 Å². The second kappa shape index (κ2) is 6.85. The first-order valence-corrected chi connectivity index (χ1v) is 6.44. The molecule has 6 nitrogen and oxygen atoms in total. The van der Waals surface area contributed by atoms with Gasteiger partial charge in [0.05, 0.1) is 17.1 Å². The highest BCUT2D eigenvalue weighted by atomic mass is 32.2. The maximum atomic E-state index is 10.8. The van der Waals surface area contributed by atoms with Crippen LogP contribution in [0.15, 0.2) is 18.2 Å². The van der Waals surface area contributed by atoms with Crippen molar-refractivity contribution in [3.05, 3.63) is 33.9 Å². The van der Waals surface area contributed by atoms with Gasteiger partial charge in [-0.05, 0) is 11.8 Å². The van der Waals surface area contributed by atoms with Crippen LogP contribution in [0.3, 0.4) is 0 Å². The highest BCUT2D eigenvalue weighted by molar-refractivity contribution is 7.99. The molecule has 7 heteroatoms. The van der Waals surface area contributed by atoms with E-state index in [9.17, 15) is 14.9 Å². The van der Waals surface area contributed by atoms with Gasteiger partial charge < -0.3 is 9.84 Å². The lowest BCUT2D eigenvalue weighted by molar-refractivity contribution is -0.385. The Kier molecular flexibility index (Phi) is 5.44. The number of hydrogen-bond acceptors (Lipinski definition) is 5. The monoisotopic (exact) mass is 271 g/mol. The molecule has 0 radical (unpaired) electrons. The molecule has 98 valence electrons. The van der Waals surface area contributed by atoms with Crippen molar-refractivity contribution in [2.24, 2.45) is 0 Å². The average molecular weight is 271 g/mol. The van der Waals surface area contributed by atoms with Crippen LogP contribution in [0.25, 0.3) is 0 Å². The Labute approximate surface area is 108 Å². The summed E-state index contributed by atoms with van der Waals surface area (Å²) >= 11 is 1.64. The molecule has 0 aromatic heterocycles. The molecule has 0 atom stereocenters. The molecule has 0 amide bonds. The van der Waals surface area contributed by atoms with Crippen LogP contribution in [-0.2, 0) is 0 Å². The summed E-state index contributed by atoms with van der Waals surface area (Å²) in [6.07, 6.45) is 0. The number of ether oxygens (including phenoxy) is 1. The Hall–Kier alpha value is -1.76. The summed E-state index contributed by atoms with van der Waals surface area (Å²) in [4.78, 5) is 21.0. The molecule has 0 fully saturated rings. The van der Waals surface area contributed by atoms with Gasteiger partial charge in [-0.3, -0.25) is 10.1 Å². The Balaban J connectivity index is 2.86. The lowest BCUT2D eigenvalue weighted by atomic mass is 10.2. The molecular weight excluding hydrogens is 258 g/mol. The minimum Gasteiger partial charge on any atom is -0.486 e. The topological polar surface area (TPSA) is 89.7 Å². The van der Waals surface area contributed by atoms with Crippen molar-refractivity contribution in [3.63, 3.8) is 0 Å². The maximum absolute atomic E-state index is 10.8. The summed E-state index contributed by atoms with van der Waals surface area (Å²) in [5.74, 6) is 0.486. The summed E-state index contributed by atoms with van der Waals surface area (Å²) in [5, 5.41) is 19.6. The third-order valence-corrected chi connectivity index (χ3v) is 2.96. The number of thioether (sulfide) groups is 1. The fourth-order valence-electron chi connectivity index (χ4n) is 1.27.